The van der Waals surface area contributed by atoms with Crippen molar-refractivity contribution in [2.75, 3.05) is 34.2 Å². The fraction of sp³-hybridized carbons (Fsp3) is 0.538. The molecule has 0 amide bonds. The molecule has 0 saturated carbocycles. The first-order chi connectivity index (χ1) is 8.31. The monoisotopic (exact) mass is 240 g/mol. The van der Waals surface area contributed by atoms with E-state index in [2.05, 4.69) is 6.92 Å². The number of methoxy groups -OCH3 is 2. The molecule has 0 fully saturated rings. The molecule has 17 heavy (non-hydrogen) atoms. The molecule has 0 radical (unpaired) electrons. The van der Waals surface area contributed by atoms with Gasteiger partial charge in [0.25, 0.3) is 0 Å². The Balaban J connectivity index is 2.64. The summed E-state index contributed by atoms with van der Waals surface area (Å²) in [6.45, 7) is 3.48. The van der Waals surface area contributed by atoms with E-state index in [1.807, 2.05) is 18.2 Å². The summed E-state index contributed by atoms with van der Waals surface area (Å²) in [5, 5.41) is 0. The zero-order valence-corrected chi connectivity index (χ0v) is 10.7. The molecular weight excluding hydrogens is 220 g/mol. The van der Waals surface area contributed by atoms with Crippen molar-refractivity contribution < 1.29 is 18.9 Å². The Bertz CT molecular complexity index is 325. The number of aryl methyl sites for hydroxylation is 1. The van der Waals surface area contributed by atoms with Crippen LogP contribution in [0.3, 0.4) is 0 Å². The van der Waals surface area contributed by atoms with E-state index < -0.39 is 0 Å². The maximum atomic E-state index is 5.62. The van der Waals surface area contributed by atoms with Gasteiger partial charge in [-0.2, -0.15) is 0 Å². The fourth-order valence-electron chi connectivity index (χ4n) is 1.42. The third-order valence-electron chi connectivity index (χ3n) is 2.30. The highest BCUT2D eigenvalue weighted by molar-refractivity contribution is 5.40. The summed E-state index contributed by atoms with van der Waals surface area (Å²) in [6, 6.07) is 5.76. The maximum Gasteiger partial charge on any atom is 0.188 e. The summed E-state index contributed by atoms with van der Waals surface area (Å²) in [5.41, 5.74) is 1.12. The lowest BCUT2D eigenvalue weighted by Crippen LogP contribution is -2.06. The first kappa shape index (κ1) is 13.8. The molecule has 1 aromatic rings. The van der Waals surface area contributed by atoms with Gasteiger partial charge in [0, 0.05) is 14.2 Å². The van der Waals surface area contributed by atoms with Crippen LogP contribution < -0.4 is 9.47 Å². The van der Waals surface area contributed by atoms with Crippen LogP contribution in [0, 0.1) is 0 Å². The fourth-order valence-corrected chi connectivity index (χ4v) is 1.42. The molecule has 0 atom stereocenters. The van der Waals surface area contributed by atoms with Gasteiger partial charge < -0.3 is 18.9 Å². The number of rotatable bonds is 8. The quantitative estimate of drug-likeness (QED) is 0.516. The van der Waals surface area contributed by atoms with Gasteiger partial charge in [-0.05, 0) is 30.2 Å². The van der Waals surface area contributed by atoms with E-state index in [9.17, 15) is 0 Å². The first-order valence-corrected chi connectivity index (χ1v) is 5.68. The van der Waals surface area contributed by atoms with Crippen LogP contribution in [0.15, 0.2) is 18.2 Å². The Kier molecular flexibility index (Phi) is 6.43. The number of ether oxygens (including phenoxy) is 4. The molecule has 0 aliphatic heterocycles. The van der Waals surface area contributed by atoms with E-state index in [0.29, 0.717) is 13.2 Å². The van der Waals surface area contributed by atoms with Crippen molar-refractivity contribution in [3.8, 4) is 11.5 Å². The minimum atomic E-state index is 0.257. The highest BCUT2D eigenvalue weighted by Crippen LogP contribution is 2.24. The van der Waals surface area contributed by atoms with Crippen molar-refractivity contribution in [3.05, 3.63) is 23.8 Å². The Morgan fingerprint density at radius 1 is 1.00 bits per heavy atom. The molecule has 0 aromatic heterocycles. The number of hydrogen-bond donors (Lipinski definition) is 0. The lowest BCUT2D eigenvalue weighted by atomic mass is 10.1. The Morgan fingerprint density at radius 2 is 1.82 bits per heavy atom. The standard InChI is InChI=1S/C13H20O4/c1-4-11-9-12(17-10-15-3)5-6-13(11)16-8-7-14-2/h5-6,9H,4,7-8,10H2,1-3H3. The molecule has 0 spiro atoms. The average Bonchev–Trinajstić information content (AvgIpc) is 2.37. The second kappa shape index (κ2) is 7.92. The van der Waals surface area contributed by atoms with E-state index in [-0.39, 0.29) is 6.79 Å². The van der Waals surface area contributed by atoms with Crippen LogP contribution in [0.5, 0.6) is 11.5 Å². The van der Waals surface area contributed by atoms with Gasteiger partial charge in [0.1, 0.15) is 18.1 Å². The molecule has 0 saturated heterocycles. The topological polar surface area (TPSA) is 36.9 Å². The van der Waals surface area contributed by atoms with Gasteiger partial charge in [-0.25, -0.2) is 0 Å². The Morgan fingerprint density at radius 3 is 2.47 bits per heavy atom. The zero-order chi connectivity index (χ0) is 12.5. The van der Waals surface area contributed by atoms with Crippen LogP contribution >= 0.6 is 0 Å². The summed E-state index contributed by atoms with van der Waals surface area (Å²) in [7, 11) is 3.26. The van der Waals surface area contributed by atoms with Gasteiger partial charge in [-0.1, -0.05) is 6.92 Å². The zero-order valence-electron chi connectivity index (χ0n) is 10.7. The molecular formula is C13H20O4. The lowest BCUT2D eigenvalue weighted by molar-refractivity contribution is 0.0510. The minimum absolute atomic E-state index is 0.257. The SMILES string of the molecule is CCc1cc(OCOC)ccc1OCCOC. The molecule has 1 rings (SSSR count). The normalized spacial score (nSPS) is 10.3. The molecule has 0 heterocycles. The summed E-state index contributed by atoms with van der Waals surface area (Å²) in [5.74, 6) is 1.68. The summed E-state index contributed by atoms with van der Waals surface area (Å²) >= 11 is 0. The predicted molar refractivity (Wildman–Crippen MR) is 65.7 cm³/mol. The van der Waals surface area contributed by atoms with Crippen LogP contribution in [0.2, 0.25) is 0 Å². The van der Waals surface area contributed by atoms with E-state index in [0.717, 1.165) is 23.5 Å². The van der Waals surface area contributed by atoms with Crippen LogP contribution in [0.25, 0.3) is 0 Å². The highest BCUT2D eigenvalue weighted by Gasteiger charge is 2.04. The third kappa shape index (κ3) is 4.63. The second-order valence-corrected chi connectivity index (χ2v) is 3.52. The number of benzene rings is 1. The Hall–Kier alpha value is -1.26. The molecule has 0 bridgehead atoms. The van der Waals surface area contributed by atoms with Gasteiger partial charge in [-0.3, -0.25) is 0 Å². The van der Waals surface area contributed by atoms with Crippen LogP contribution in [0.4, 0.5) is 0 Å². The van der Waals surface area contributed by atoms with Crippen molar-refractivity contribution >= 4 is 0 Å². The van der Waals surface area contributed by atoms with Crippen LogP contribution in [0.1, 0.15) is 12.5 Å². The highest BCUT2D eigenvalue weighted by atomic mass is 16.7. The average molecular weight is 240 g/mol. The van der Waals surface area contributed by atoms with E-state index in [4.69, 9.17) is 18.9 Å². The van der Waals surface area contributed by atoms with Crippen LogP contribution in [-0.4, -0.2) is 34.2 Å². The van der Waals surface area contributed by atoms with Crippen molar-refractivity contribution in [1.29, 1.82) is 0 Å². The van der Waals surface area contributed by atoms with Gasteiger partial charge in [0.05, 0.1) is 6.61 Å². The van der Waals surface area contributed by atoms with Crippen molar-refractivity contribution in [1.82, 2.24) is 0 Å². The van der Waals surface area contributed by atoms with Crippen LogP contribution in [-0.2, 0) is 15.9 Å². The molecule has 1 aromatic carbocycles. The molecule has 0 aliphatic carbocycles. The molecule has 0 N–H and O–H groups in total. The summed E-state index contributed by atoms with van der Waals surface area (Å²) in [6.07, 6.45) is 0.895. The summed E-state index contributed by atoms with van der Waals surface area (Å²) in [4.78, 5) is 0. The van der Waals surface area contributed by atoms with E-state index >= 15 is 0 Å². The first-order valence-electron chi connectivity index (χ1n) is 5.68. The van der Waals surface area contributed by atoms with Gasteiger partial charge >= 0.3 is 0 Å². The Labute approximate surface area is 102 Å². The molecule has 96 valence electrons. The van der Waals surface area contributed by atoms with Crippen molar-refractivity contribution in [3.63, 3.8) is 0 Å². The minimum Gasteiger partial charge on any atom is -0.491 e. The van der Waals surface area contributed by atoms with E-state index in [1.54, 1.807) is 14.2 Å². The maximum absolute atomic E-state index is 5.62. The van der Waals surface area contributed by atoms with Gasteiger partial charge in [-0.15, -0.1) is 0 Å². The summed E-state index contributed by atoms with van der Waals surface area (Å²) < 4.78 is 20.8. The predicted octanol–water partition coefficient (Wildman–Crippen LogP) is 2.26. The largest absolute Gasteiger partial charge is 0.491 e. The third-order valence-corrected chi connectivity index (χ3v) is 2.30. The van der Waals surface area contributed by atoms with Gasteiger partial charge in [0.15, 0.2) is 6.79 Å². The van der Waals surface area contributed by atoms with Crippen molar-refractivity contribution in [2.45, 2.75) is 13.3 Å². The van der Waals surface area contributed by atoms with Crippen molar-refractivity contribution in [2.24, 2.45) is 0 Å². The molecule has 4 heteroatoms. The number of hydrogen-bond acceptors (Lipinski definition) is 4. The molecule has 0 aliphatic rings. The lowest BCUT2D eigenvalue weighted by Gasteiger charge is -2.12. The molecule has 0 unspecified atom stereocenters. The smallest absolute Gasteiger partial charge is 0.188 e. The van der Waals surface area contributed by atoms with E-state index in [1.165, 1.54) is 0 Å². The molecule has 4 nitrogen and oxygen atoms in total. The second-order valence-electron chi connectivity index (χ2n) is 3.52. The van der Waals surface area contributed by atoms with Gasteiger partial charge in [0.2, 0.25) is 0 Å².